The van der Waals surface area contributed by atoms with E-state index in [9.17, 15) is 4.79 Å². The average molecular weight is 432 g/mol. The first-order valence-electron chi connectivity index (χ1n) is 7.91. The van der Waals surface area contributed by atoms with Crippen LogP contribution < -0.4 is 4.90 Å². The first-order valence-corrected chi connectivity index (χ1v) is 9.89. The Morgan fingerprint density at radius 2 is 1.78 bits per heavy atom. The van der Waals surface area contributed by atoms with Crippen LogP contribution in [0.2, 0.25) is 10.0 Å². The summed E-state index contributed by atoms with van der Waals surface area (Å²) in [6.07, 6.45) is 1.70. The van der Waals surface area contributed by atoms with E-state index in [1.807, 2.05) is 42.5 Å². The quantitative estimate of drug-likeness (QED) is 0.342. The summed E-state index contributed by atoms with van der Waals surface area (Å²) in [4.78, 5) is 14.8. The summed E-state index contributed by atoms with van der Waals surface area (Å²) < 4.78 is 6.28. The number of carbonyl (C=O) groups excluding carboxylic acids is 1. The van der Waals surface area contributed by atoms with Crippen LogP contribution in [0, 0.1) is 0 Å². The van der Waals surface area contributed by atoms with Crippen molar-refractivity contribution in [1.29, 1.82) is 0 Å². The van der Waals surface area contributed by atoms with E-state index in [-0.39, 0.29) is 5.91 Å². The third-order valence-electron chi connectivity index (χ3n) is 3.91. The van der Waals surface area contributed by atoms with Crippen molar-refractivity contribution in [1.82, 2.24) is 0 Å². The van der Waals surface area contributed by atoms with Crippen molar-refractivity contribution in [2.24, 2.45) is 0 Å². The SMILES string of the molecule is O=C1C(=Cc2ccc(-c3ccccc3)o2)SC(=S)N1c1ccc(Cl)c(Cl)c1. The molecule has 1 amide bonds. The summed E-state index contributed by atoms with van der Waals surface area (Å²) in [5.41, 5.74) is 1.56. The predicted octanol–water partition coefficient (Wildman–Crippen LogP) is 6.66. The van der Waals surface area contributed by atoms with E-state index in [1.165, 1.54) is 16.7 Å². The Morgan fingerprint density at radius 1 is 1.00 bits per heavy atom. The molecule has 27 heavy (non-hydrogen) atoms. The van der Waals surface area contributed by atoms with Gasteiger partial charge >= 0.3 is 0 Å². The van der Waals surface area contributed by atoms with Gasteiger partial charge in [-0.3, -0.25) is 9.69 Å². The Labute approximate surface area is 175 Å². The van der Waals surface area contributed by atoms with Crippen LogP contribution in [0.3, 0.4) is 0 Å². The molecule has 2 heterocycles. The number of amides is 1. The molecule has 1 aliphatic heterocycles. The Balaban J connectivity index is 1.62. The standard InChI is InChI=1S/C20H11Cl2NO2S2/c21-15-8-6-13(10-16(15)22)23-19(24)18(27-20(23)26)11-14-7-9-17(25-14)12-4-2-1-3-5-12/h1-11H. The second-order valence-electron chi connectivity index (χ2n) is 5.68. The molecule has 2 aromatic carbocycles. The van der Waals surface area contributed by atoms with Gasteiger partial charge in [-0.1, -0.05) is 77.5 Å². The number of hydrogen-bond donors (Lipinski definition) is 0. The fourth-order valence-electron chi connectivity index (χ4n) is 2.63. The molecule has 0 atom stereocenters. The molecular formula is C20H11Cl2NO2S2. The lowest BCUT2D eigenvalue weighted by molar-refractivity contribution is -0.113. The molecule has 0 radical (unpaired) electrons. The molecule has 3 nitrogen and oxygen atoms in total. The fourth-order valence-corrected chi connectivity index (χ4v) is 4.20. The maximum atomic E-state index is 12.8. The number of furan rings is 1. The van der Waals surface area contributed by atoms with E-state index in [4.69, 9.17) is 39.8 Å². The van der Waals surface area contributed by atoms with Crippen LogP contribution in [0.1, 0.15) is 5.76 Å². The molecule has 7 heteroatoms. The number of thiocarbonyl (C=S) groups is 1. The average Bonchev–Trinajstić information content (AvgIpc) is 3.23. The van der Waals surface area contributed by atoms with Crippen LogP contribution in [0.15, 0.2) is 70.0 Å². The predicted molar refractivity (Wildman–Crippen MR) is 116 cm³/mol. The molecular weight excluding hydrogens is 421 g/mol. The number of carbonyl (C=O) groups is 1. The molecule has 1 fully saturated rings. The first-order chi connectivity index (χ1) is 13.0. The molecule has 134 valence electrons. The first kappa shape index (κ1) is 18.3. The lowest BCUT2D eigenvalue weighted by Gasteiger charge is -2.15. The summed E-state index contributed by atoms with van der Waals surface area (Å²) in [6.45, 7) is 0. The monoisotopic (exact) mass is 431 g/mol. The highest BCUT2D eigenvalue weighted by atomic mass is 35.5. The van der Waals surface area contributed by atoms with Gasteiger partial charge in [0.1, 0.15) is 11.5 Å². The van der Waals surface area contributed by atoms with Gasteiger partial charge in [0, 0.05) is 11.6 Å². The molecule has 0 spiro atoms. The number of nitrogens with zero attached hydrogens (tertiary/aromatic N) is 1. The molecule has 1 saturated heterocycles. The summed E-state index contributed by atoms with van der Waals surface area (Å²) >= 11 is 18.6. The van der Waals surface area contributed by atoms with Gasteiger partial charge in [-0.2, -0.15) is 0 Å². The van der Waals surface area contributed by atoms with Gasteiger partial charge in [0.15, 0.2) is 4.32 Å². The summed E-state index contributed by atoms with van der Waals surface area (Å²) in [5.74, 6) is 1.10. The largest absolute Gasteiger partial charge is 0.457 e. The van der Waals surface area contributed by atoms with Crippen LogP contribution in [0.5, 0.6) is 0 Å². The molecule has 3 aromatic rings. The number of thioether (sulfide) groups is 1. The van der Waals surface area contributed by atoms with Gasteiger partial charge in [-0.25, -0.2) is 0 Å². The minimum absolute atomic E-state index is 0.221. The lowest BCUT2D eigenvalue weighted by atomic mass is 10.2. The minimum atomic E-state index is -0.221. The van der Waals surface area contributed by atoms with E-state index < -0.39 is 0 Å². The van der Waals surface area contributed by atoms with Crippen LogP contribution in [-0.2, 0) is 4.79 Å². The maximum absolute atomic E-state index is 12.8. The van der Waals surface area contributed by atoms with Gasteiger partial charge in [0.25, 0.3) is 5.91 Å². The zero-order chi connectivity index (χ0) is 19.0. The maximum Gasteiger partial charge on any atom is 0.270 e. The van der Waals surface area contributed by atoms with Crippen molar-refractivity contribution in [3.63, 3.8) is 0 Å². The topological polar surface area (TPSA) is 33.5 Å². The Morgan fingerprint density at radius 3 is 2.52 bits per heavy atom. The van der Waals surface area contributed by atoms with E-state index in [0.29, 0.717) is 30.7 Å². The number of halogens is 2. The third-order valence-corrected chi connectivity index (χ3v) is 5.95. The zero-order valence-corrected chi connectivity index (χ0v) is 16.8. The zero-order valence-electron chi connectivity index (χ0n) is 13.7. The summed E-state index contributed by atoms with van der Waals surface area (Å²) in [5, 5.41) is 0.788. The Kier molecular flexibility index (Phi) is 5.10. The molecule has 1 aromatic heterocycles. The smallest absolute Gasteiger partial charge is 0.270 e. The van der Waals surface area contributed by atoms with Crippen molar-refractivity contribution in [3.8, 4) is 11.3 Å². The van der Waals surface area contributed by atoms with Gasteiger partial charge in [0.05, 0.1) is 20.6 Å². The van der Waals surface area contributed by atoms with Crippen molar-refractivity contribution >= 4 is 69.2 Å². The third kappa shape index (κ3) is 3.69. The Bertz CT molecular complexity index is 1080. The molecule has 0 bridgehead atoms. The van der Waals surface area contributed by atoms with Gasteiger partial charge in [0.2, 0.25) is 0 Å². The van der Waals surface area contributed by atoms with E-state index in [0.717, 1.165) is 11.3 Å². The van der Waals surface area contributed by atoms with Crippen molar-refractivity contribution in [2.75, 3.05) is 4.90 Å². The molecule has 1 aliphatic rings. The minimum Gasteiger partial charge on any atom is -0.457 e. The fraction of sp³-hybridized carbons (Fsp3) is 0. The normalized spacial score (nSPS) is 15.8. The van der Waals surface area contributed by atoms with E-state index >= 15 is 0 Å². The molecule has 0 aliphatic carbocycles. The second kappa shape index (κ2) is 7.52. The summed E-state index contributed by atoms with van der Waals surface area (Å²) in [6, 6.07) is 18.4. The molecule has 4 rings (SSSR count). The van der Waals surface area contributed by atoms with Gasteiger partial charge < -0.3 is 4.42 Å². The van der Waals surface area contributed by atoms with Gasteiger partial charge in [-0.15, -0.1) is 0 Å². The number of hydrogen-bond acceptors (Lipinski definition) is 4. The van der Waals surface area contributed by atoms with Crippen molar-refractivity contribution < 1.29 is 9.21 Å². The highest BCUT2D eigenvalue weighted by Gasteiger charge is 2.33. The van der Waals surface area contributed by atoms with Crippen molar-refractivity contribution in [3.05, 3.63) is 81.4 Å². The molecule has 0 saturated carbocycles. The van der Waals surface area contributed by atoms with Crippen molar-refractivity contribution in [2.45, 2.75) is 0 Å². The Hall–Kier alpha value is -2.05. The van der Waals surface area contributed by atoms with Crippen LogP contribution in [-0.4, -0.2) is 10.2 Å². The molecule has 0 N–H and O–H groups in total. The highest BCUT2D eigenvalue weighted by Crippen LogP contribution is 2.38. The highest BCUT2D eigenvalue weighted by molar-refractivity contribution is 8.27. The van der Waals surface area contributed by atoms with Crippen LogP contribution in [0.25, 0.3) is 17.4 Å². The van der Waals surface area contributed by atoms with Crippen LogP contribution in [0.4, 0.5) is 5.69 Å². The van der Waals surface area contributed by atoms with Gasteiger partial charge in [-0.05, 0) is 30.3 Å². The number of anilines is 1. The number of rotatable bonds is 3. The lowest BCUT2D eigenvalue weighted by Crippen LogP contribution is -2.27. The van der Waals surface area contributed by atoms with Crippen LogP contribution >= 0.6 is 47.2 Å². The van der Waals surface area contributed by atoms with E-state index in [1.54, 1.807) is 24.3 Å². The second-order valence-corrected chi connectivity index (χ2v) is 8.17. The summed E-state index contributed by atoms with van der Waals surface area (Å²) in [7, 11) is 0. The van der Waals surface area contributed by atoms with E-state index in [2.05, 4.69) is 0 Å². The molecule has 0 unspecified atom stereocenters. The number of benzene rings is 2.